The van der Waals surface area contributed by atoms with Crippen LogP contribution in [-0.4, -0.2) is 23.6 Å². The molecule has 2 N–H and O–H groups in total. The standard InChI is InChI=1S/C12H21N3/c1-12(2,3)15-8-7-14-10-11-5-4-6-13-9-11/h4-6,9,14-15H,7-8,10H2,1-3H3. The van der Waals surface area contributed by atoms with E-state index in [4.69, 9.17) is 0 Å². The van der Waals surface area contributed by atoms with E-state index in [2.05, 4.69) is 42.5 Å². The molecule has 1 aromatic heterocycles. The normalized spacial score (nSPS) is 11.7. The van der Waals surface area contributed by atoms with Gasteiger partial charge in [0.1, 0.15) is 0 Å². The molecule has 0 aromatic carbocycles. The van der Waals surface area contributed by atoms with Crippen molar-refractivity contribution in [3.05, 3.63) is 30.1 Å². The molecule has 1 rings (SSSR count). The second-order valence-electron chi connectivity index (χ2n) is 4.71. The highest BCUT2D eigenvalue weighted by Crippen LogP contribution is 1.97. The van der Waals surface area contributed by atoms with Crippen LogP contribution in [0.25, 0.3) is 0 Å². The molecule has 0 saturated carbocycles. The second kappa shape index (κ2) is 5.83. The predicted molar refractivity (Wildman–Crippen MR) is 63.7 cm³/mol. The Bertz CT molecular complexity index is 264. The highest BCUT2D eigenvalue weighted by molar-refractivity contribution is 5.07. The van der Waals surface area contributed by atoms with Gasteiger partial charge in [-0.3, -0.25) is 4.98 Å². The van der Waals surface area contributed by atoms with Crippen molar-refractivity contribution in [3.63, 3.8) is 0 Å². The topological polar surface area (TPSA) is 37.0 Å². The van der Waals surface area contributed by atoms with Gasteiger partial charge in [0, 0.05) is 37.6 Å². The first kappa shape index (κ1) is 12.1. The Morgan fingerprint density at radius 3 is 2.67 bits per heavy atom. The van der Waals surface area contributed by atoms with E-state index in [9.17, 15) is 0 Å². The molecule has 0 fully saturated rings. The number of rotatable bonds is 5. The van der Waals surface area contributed by atoms with Gasteiger partial charge in [-0.1, -0.05) is 6.07 Å². The van der Waals surface area contributed by atoms with Crippen molar-refractivity contribution in [1.29, 1.82) is 0 Å². The van der Waals surface area contributed by atoms with Crippen molar-refractivity contribution in [2.75, 3.05) is 13.1 Å². The van der Waals surface area contributed by atoms with Crippen LogP contribution >= 0.6 is 0 Å². The maximum absolute atomic E-state index is 4.07. The lowest BCUT2D eigenvalue weighted by atomic mass is 10.1. The van der Waals surface area contributed by atoms with Crippen molar-refractivity contribution < 1.29 is 0 Å². The van der Waals surface area contributed by atoms with Crippen LogP contribution in [0.1, 0.15) is 26.3 Å². The molecule has 1 heterocycles. The third-order valence-corrected chi connectivity index (χ3v) is 2.01. The van der Waals surface area contributed by atoms with Crippen LogP contribution in [0.5, 0.6) is 0 Å². The molecule has 84 valence electrons. The van der Waals surface area contributed by atoms with Crippen LogP contribution in [0.3, 0.4) is 0 Å². The fourth-order valence-corrected chi connectivity index (χ4v) is 1.26. The summed E-state index contributed by atoms with van der Waals surface area (Å²) < 4.78 is 0. The summed E-state index contributed by atoms with van der Waals surface area (Å²) >= 11 is 0. The maximum atomic E-state index is 4.07. The first-order valence-corrected chi connectivity index (χ1v) is 5.42. The minimum absolute atomic E-state index is 0.204. The lowest BCUT2D eigenvalue weighted by molar-refractivity contribution is 0.421. The minimum Gasteiger partial charge on any atom is -0.311 e. The number of nitrogens with zero attached hydrogens (tertiary/aromatic N) is 1. The summed E-state index contributed by atoms with van der Waals surface area (Å²) in [4.78, 5) is 4.07. The first-order chi connectivity index (χ1) is 7.08. The fourth-order valence-electron chi connectivity index (χ4n) is 1.26. The minimum atomic E-state index is 0.204. The number of hydrogen-bond donors (Lipinski definition) is 2. The Kier molecular flexibility index (Phi) is 4.72. The molecular weight excluding hydrogens is 186 g/mol. The van der Waals surface area contributed by atoms with Crippen molar-refractivity contribution >= 4 is 0 Å². The van der Waals surface area contributed by atoms with Gasteiger partial charge in [0.05, 0.1) is 0 Å². The Hall–Kier alpha value is -0.930. The Morgan fingerprint density at radius 1 is 1.27 bits per heavy atom. The predicted octanol–water partition coefficient (Wildman–Crippen LogP) is 1.56. The van der Waals surface area contributed by atoms with Crippen LogP contribution < -0.4 is 10.6 Å². The lowest BCUT2D eigenvalue weighted by Gasteiger charge is -2.20. The van der Waals surface area contributed by atoms with Gasteiger partial charge in [0.25, 0.3) is 0 Å². The highest BCUT2D eigenvalue weighted by Gasteiger charge is 2.06. The fraction of sp³-hybridized carbons (Fsp3) is 0.583. The third kappa shape index (κ3) is 6.20. The first-order valence-electron chi connectivity index (χ1n) is 5.42. The van der Waals surface area contributed by atoms with Crippen LogP contribution in [0.4, 0.5) is 0 Å². The zero-order valence-electron chi connectivity index (χ0n) is 9.88. The van der Waals surface area contributed by atoms with Crippen LogP contribution in [0.2, 0.25) is 0 Å². The number of nitrogens with one attached hydrogen (secondary N) is 2. The summed E-state index contributed by atoms with van der Waals surface area (Å²) in [6.07, 6.45) is 3.69. The molecule has 0 spiro atoms. The maximum Gasteiger partial charge on any atom is 0.0312 e. The Labute approximate surface area is 92.3 Å². The molecule has 0 unspecified atom stereocenters. The lowest BCUT2D eigenvalue weighted by Crippen LogP contribution is -2.40. The monoisotopic (exact) mass is 207 g/mol. The molecule has 0 aliphatic carbocycles. The Balaban J connectivity index is 2.08. The number of pyridine rings is 1. The van der Waals surface area contributed by atoms with E-state index in [0.29, 0.717) is 0 Å². The third-order valence-electron chi connectivity index (χ3n) is 2.01. The van der Waals surface area contributed by atoms with Gasteiger partial charge in [-0.15, -0.1) is 0 Å². The molecule has 0 aliphatic heterocycles. The van der Waals surface area contributed by atoms with Crippen molar-refractivity contribution in [2.24, 2.45) is 0 Å². The summed E-state index contributed by atoms with van der Waals surface area (Å²) in [5.41, 5.74) is 1.43. The van der Waals surface area contributed by atoms with Crippen molar-refractivity contribution in [3.8, 4) is 0 Å². The van der Waals surface area contributed by atoms with Crippen LogP contribution in [0.15, 0.2) is 24.5 Å². The van der Waals surface area contributed by atoms with E-state index in [1.165, 1.54) is 5.56 Å². The summed E-state index contributed by atoms with van der Waals surface area (Å²) in [7, 11) is 0. The van der Waals surface area contributed by atoms with Gasteiger partial charge in [-0.2, -0.15) is 0 Å². The van der Waals surface area contributed by atoms with E-state index < -0.39 is 0 Å². The quantitative estimate of drug-likeness (QED) is 0.719. The molecule has 0 atom stereocenters. The average Bonchev–Trinajstić information content (AvgIpc) is 2.17. The average molecular weight is 207 g/mol. The molecule has 0 bridgehead atoms. The van der Waals surface area contributed by atoms with Gasteiger partial charge >= 0.3 is 0 Å². The van der Waals surface area contributed by atoms with E-state index in [1.807, 2.05) is 12.3 Å². The van der Waals surface area contributed by atoms with Gasteiger partial charge in [0.2, 0.25) is 0 Å². The van der Waals surface area contributed by atoms with Crippen molar-refractivity contribution in [2.45, 2.75) is 32.9 Å². The molecule has 1 aromatic rings. The summed E-state index contributed by atoms with van der Waals surface area (Å²) in [6.45, 7) is 9.38. The molecule has 0 aliphatic rings. The van der Waals surface area contributed by atoms with Crippen LogP contribution in [-0.2, 0) is 6.54 Å². The van der Waals surface area contributed by atoms with E-state index in [0.717, 1.165) is 19.6 Å². The summed E-state index contributed by atoms with van der Waals surface area (Å²) in [5, 5.41) is 6.80. The SMILES string of the molecule is CC(C)(C)NCCNCc1cccnc1. The molecule has 3 heteroatoms. The molecule has 0 saturated heterocycles. The van der Waals surface area contributed by atoms with Gasteiger partial charge < -0.3 is 10.6 Å². The van der Waals surface area contributed by atoms with Gasteiger partial charge in [-0.05, 0) is 32.4 Å². The van der Waals surface area contributed by atoms with Crippen LogP contribution in [0, 0.1) is 0 Å². The molecule has 3 nitrogen and oxygen atoms in total. The smallest absolute Gasteiger partial charge is 0.0312 e. The second-order valence-corrected chi connectivity index (χ2v) is 4.71. The van der Waals surface area contributed by atoms with E-state index in [-0.39, 0.29) is 5.54 Å². The molecule has 15 heavy (non-hydrogen) atoms. The zero-order chi connectivity index (χ0) is 11.1. The summed E-state index contributed by atoms with van der Waals surface area (Å²) in [5.74, 6) is 0. The zero-order valence-corrected chi connectivity index (χ0v) is 9.88. The molecular formula is C12H21N3. The van der Waals surface area contributed by atoms with E-state index in [1.54, 1.807) is 6.20 Å². The Morgan fingerprint density at radius 2 is 2.07 bits per heavy atom. The van der Waals surface area contributed by atoms with Crippen molar-refractivity contribution in [1.82, 2.24) is 15.6 Å². The van der Waals surface area contributed by atoms with Gasteiger partial charge in [-0.25, -0.2) is 0 Å². The van der Waals surface area contributed by atoms with E-state index >= 15 is 0 Å². The largest absolute Gasteiger partial charge is 0.311 e. The number of hydrogen-bond acceptors (Lipinski definition) is 3. The molecule has 0 amide bonds. The highest BCUT2D eigenvalue weighted by atomic mass is 15.0. The number of aromatic nitrogens is 1. The van der Waals surface area contributed by atoms with Gasteiger partial charge in [0.15, 0.2) is 0 Å². The molecule has 0 radical (unpaired) electrons. The summed E-state index contributed by atoms with van der Waals surface area (Å²) in [6, 6.07) is 4.04.